The summed E-state index contributed by atoms with van der Waals surface area (Å²) < 4.78 is 0. The summed E-state index contributed by atoms with van der Waals surface area (Å²) in [5.41, 5.74) is 2.63. The van der Waals surface area contributed by atoms with E-state index in [-0.39, 0.29) is 36.5 Å². The molecular formula is C15H18ClN3O3. The van der Waals surface area contributed by atoms with Crippen LogP contribution in [-0.2, 0) is 22.7 Å². The van der Waals surface area contributed by atoms with Gasteiger partial charge in [0.1, 0.15) is 6.04 Å². The van der Waals surface area contributed by atoms with Crippen LogP contribution in [0.2, 0.25) is 0 Å². The molecule has 0 spiro atoms. The van der Waals surface area contributed by atoms with E-state index in [9.17, 15) is 14.4 Å². The molecule has 3 rings (SSSR count). The molecule has 0 radical (unpaired) electrons. The maximum absolute atomic E-state index is 12.5. The number of piperidine rings is 1. The Balaban J connectivity index is 0.00000176. The number of hydrogen-bond acceptors (Lipinski definition) is 4. The van der Waals surface area contributed by atoms with Crippen LogP contribution in [0.15, 0.2) is 18.2 Å². The molecule has 2 aliphatic heterocycles. The molecule has 2 heterocycles. The van der Waals surface area contributed by atoms with Gasteiger partial charge in [-0.25, -0.2) is 0 Å². The lowest BCUT2D eigenvalue weighted by atomic mass is 10.0. The molecular weight excluding hydrogens is 306 g/mol. The van der Waals surface area contributed by atoms with Gasteiger partial charge in [0.2, 0.25) is 11.8 Å². The van der Waals surface area contributed by atoms with Crippen LogP contribution in [0.4, 0.5) is 0 Å². The maximum atomic E-state index is 12.5. The number of rotatable bonds is 3. The number of benzene rings is 1. The molecule has 6 nitrogen and oxygen atoms in total. The number of nitrogens with one attached hydrogen (secondary N) is 2. The standard InChI is InChI=1S/C15H17N3O3.ClH/c1-16-7-9-2-3-10-8-18(15(21)11(10)6-9)12-4-5-13(19)17-14(12)20;/h2-3,6,12,16H,4-5,7-8H2,1H3,(H,17,19,20);1H. The van der Waals surface area contributed by atoms with Gasteiger partial charge in [-0.1, -0.05) is 12.1 Å². The largest absolute Gasteiger partial charge is 0.322 e. The molecule has 2 N–H and O–H groups in total. The van der Waals surface area contributed by atoms with Gasteiger partial charge in [-0.05, 0) is 30.7 Å². The van der Waals surface area contributed by atoms with Crippen molar-refractivity contribution in [2.24, 2.45) is 0 Å². The Morgan fingerprint density at radius 1 is 1.32 bits per heavy atom. The van der Waals surface area contributed by atoms with Crippen molar-refractivity contribution in [2.45, 2.75) is 32.0 Å². The summed E-state index contributed by atoms with van der Waals surface area (Å²) in [5, 5.41) is 5.35. The first-order valence-electron chi connectivity index (χ1n) is 7.01. The number of imide groups is 1. The highest BCUT2D eigenvalue weighted by Gasteiger charge is 2.38. The lowest BCUT2D eigenvalue weighted by Crippen LogP contribution is -2.52. The van der Waals surface area contributed by atoms with E-state index >= 15 is 0 Å². The number of carbonyl (C=O) groups excluding carboxylic acids is 3. The van der Waals surface area contributed by atoms with E-state index in [1.165, 1.54) is 0 Å². The van der Waals surface area contributed by atoms with Gasteiger partial charge in [-0.15, -0.1) is 12.4 Å². The van der Waals surface area contributed by atoms with Crippen LogP contribution < -0.4 is 10.6 Å². The van der Waals surface area contributed by atoms with Crippen LogP contribution in [0.1, 0.15) is 34.3 Å². The number of carbonyl (C=O) groups is 3. The lowest BCUT2D eigenvalue weighted by molar-refractivity contribution is -0.136. The van der Waals surface area contributed by atoms with Crippen LogP contribution in [0.3, 0.4) is 0 Å². The fourth-order valence-electron chi connectivity index (χ4n) is 2.92. The average molecular weight is 324 g/mol. The van der Waals surface area contributed by atoms with Gasteiger partial charge in [0.25, 0.3) is 5.91 Å². The molecule has 1 aromatic carbocycles. The molecule has 0 bridgehead atoms. The van der Waals surface area contributed by atoms with Crippen LogP contribution in [0.5, 0.6) is 0 Å². The topological polar surface area (TPSA) is 78.5 Å². The Bertz CT molecular complexity index is 632. The van der Waals surface area contributed by atoms with Gasteiger partial charge in [-0.3, -0.25) is 19.7 Å². The van der Waals surface area contributed by atoms with Crippen LogP contribution in [0.25, 0.3) is 0 Å². The molecule has 3 amide bonds. The van der Waals surface area contributed by atoms with Crippen molar-refractivity contribution in [3.8, 4) is 0 Å². The third-order valence-electron chi connectivity index (χ3n) is 3.97. The summed E-state index contributed by atoms with van der Waals surface area (Å²) in [7, 11) is 1.85. The molecule has 118 valence electrons. The van der Waals surface area contributed by atoms with Crippen molar-refractivity contribution in [3.63, 3.8) is 0 Å². The van der Waals surface area contributed by atoms with Gasteiger partial charge < -0.3 is 10.2 Å². The molecule has 1 saturated heterocycles. The second-order valence-corrected chi connectivity index (χ2v) is 5.42. The number of nitrogens with zero attached hydrogens (tertiary/aromatic N) is 1. The van der Waals surface area contributed by atoms with E-state index in [0.717, 1.165) is 11.1 Å². The summed E-state index contributed by atoms with van der Waals surface area (Å²) >= 11 is 0. The lowest BCUT2D eigenvalue weighted by Gasteiger charge is -2.29. The summed E-state index contributed by atoms with van der Waals surface area (Å²) in [6.07, 6.45) is 0.676. The van der Waals surface area contributed by atoms with Crippen LogP contribution in [0, 0.1) is 0 Å². The number of hydrogen-bond donors (Lipinski definition) is 2. The van der Waals surface area contributed by atoms with Crippen molar-refractivity contribution >= 4 is 30.1 Å². The minimum absolute atomic E-state index is 0. The molecule has 0 aromatic heterocycles. The van der Waals surface area contributed by atoms with Crippen molar-refractivity contribution in [3.05, 3.63) is 34.9 Å². The van der Waals surface area contributed by atoms with Gasteiger partial charge in [0.15, 0.2) is 0 Å². The Hall–Kier alpha value is -1.92. The molecule has 22 heavy (non-hydrogen) atoms. The van der Waals surface area contributed by atoms with Crippen molar-refractivity contribution in [1.29, 1.82) is 0 Å². The highest BCUT2D eigenvalue weighted by atomic mass is 35.5. The number of amides is 3. The summed E-state index contributed by atoms with van der Waals surface area (Å²) in [5.74, 6) is -0.767. The Morgan fingerprint density at radius 3 is 2.77 bits per heavy atom. The Kier molecular flexibility index (Phi) is 4.83. The summed E-state index contributed by atoms with van der Waals surface area (Å²) in [6, 6.07) is 5.25. The number of fused-ring (bicyclic) bond motifs is 1. The van der Waals surface area contributed by atoms with E-state index < -0.39 is 6.04 Å². The van der Waals surface area contributed by atoms with Gasteiger partial charge in [0.05, 0.1) is 0 Å². The molecule has 2 aliphatic rings. The highest BCUT2D eigenvalue weighted by Crippen LogP contribution is 2.28. The minimum atomic E-state index is -0.546. The van der Waals surface area contributed by atoms with Crippen molar-refractivity contribution in [2.75, 3.05) is 7.05 Å². The third kappa shape index (κ3) is 2.84. The molecule has 0 aliphatic carbocycles. The maximum Gasteiger partial charge on any atom is 0.255 e. The van der Waals surface area contributed by atoms with Gasteiger partial charge in [-0.2, -0.15) is 0 Å². The molecule has 0 saturated carbocycles. The van der Waals surface area contributed by atoms with Crippen LogP contribution >= 0.6 is 12.4 Å². The smallest absolute Gasteiger partial charge is 0.255 e. The van der Waals surface area contributed by atoms with E-state index in [1.807, 2.05) is 25.2 Å². The molecule has 1 unspecified atom stereocenters. The molecule has 1 atom stereocenters. The van der Waals surface area contributed by atoms with E-state index in [2.05, 4.69) is 10.6 Å². The monoisotopic (exact) mass is 323 g/mol. The fraction of sp³-hybridized carbons (Fsp3) is 0.400. The second-order valence-electron chi connectivity index (χ2n) is 5.42. The van der Waals surface area contributed by atoms with Gasteiger partial charge in [0, 0.05) is 25.1 Å². The first-order chi connectivity index (χ1) is 10.1. The second kappa shape index (κ2) is 6.46. The Labute approximate surface area is 134 Å². The minimum Gasteiger partial charge on any atom is -0.322 e. The third-order valence-corrected chi connectivity index (χ3v) is 3.97. The van der Waals surface area contributed by atoms with E-state index in [1.54, 1.807) is 4.90 Å². The molecule has 7 heteroatoms. The number of halogens is 1. The fourth-order valence-corrected chi connectivity index (χ4v) is 2.92. The van der Waals surface area contributed by atoms with Crippen molar-refractivity contribution in [1.82, 2.24) is 15.5 Å². The zero-order chi connectivity index (χ0) is 15.0. The molecule has 1 aromatic rings. The summed E-state index contributed by atoms with van der Waals surface area (Å²) in [4.78, 5) is 37.2. The SMILES string of the molecule is CNCc1ccc2c(c1)C(=O)N(C1CCC(=O)NC1=O)C2.Cl. The Morgan fingerprint density at radius 2 is 2.09 bits per heavy atom. The molecule has 1 fully saturated rings. The highest BCUT2D eigenvalue weighted by molar-refractivity contribution is 6.05. The summed E-state index contributed by atoms with van der Waals surface area (Å²) in [6.45, 7) is 1.12. The zero-order valence-corrected chi connectivity index (χ0v) is 13.0. The predicted octanol–water partition coefficient (Wildman–Crippen LogP) is 0.589. The first kappa shape index (κ1) is 16.5. The predicted molar refractivity (Wildman–Crippen MR) is 82.5 cm³/mol. The average Bonchev–Trinajstić information content (AvgIpc) is 2.77. The van der Waals surface area contributed by atoms with Crippen LogP contribution in [-0.4, -0.2) is 35.7 Å². The van der Waals surface area contributed by atoms with E-state index in [0.29, 0.717) is 25.1 Å². The first-order valence-corrected chi connectivity index (χ1v) is 7.01. The zero-order valence-electron chi connectivity index (χ0n) is 12.2. The quantitative estimate of drug-likeness (QED) is 0.798. The van der Waals surface area contributed by atoms with Gasteiger partial charge >= 0.3 is 0 Å². The van der Waals surface area contributed by atoms with Crippen molar-refractivity contribution < 1.29 is 14.4 Å². The normalized spacial score (nSPS) is 20.5. The van der Waals surface area contributed by atoms with E-state index in [4.69, 9.17) is 0 Å².